The van der Waals surface area contributed by atoms with Gasteiger partial charge in [0, 0.05) is 6.92 Å². The minimum absolute atomic E-state index is 0.207. The molecule has 0 aliphatic rings. The second-order valence-electron chi connectivity index (χ2n) is 2.75. The van der Waals surface area contributed by atoms with Crippen molar-refractivity contribution in [3.05, 3.63) is 0 Å². The first-order chi connectivity index (χ1) is 5.07. The Balaban J connectivity index is 3.91. The first-order valence-corrected chi connectivity index (χ1v) is 3.62. The van der Waals surface area contributed by atoms with Crippen molar-refractivity contribution in [1.82, 2.24) is 0 Å². The Kier molecular flexibility index (Phi) is 4.28. The van der Waals surface area contributed by atoms with Gasteiger partial charge in [0.05, 0.1) is 12.5 Å². The van der Waals surface area contributed by atoms with Gasteiger partial charge in [-0.2, -0.15) is 5.26 Å². The molecule has 0 rings (SSSR count). The van der Waals surface area contributed by atoms with Gasteiger partial charge in [0.1, 0.15) is 6.10 Å². The van der Waals surface area contributed by atoms with Gasteiger partial charge in [0.15, 0.2) is 0 Å². The van der Waals surface area contributed by atoms with Crippen LogP contribution in [0.25, 0.3) is 0 Å². The zero-order chi connectivity index (χ0) is 8.85. The minimum atomic E-state index is -0.320. The number of ether oxygens (including phenoxy) is 1. The molecule has 1 atom stereocenters. The number of carbonyl (C=O) groups excluding carboxylic acids is 1. The van der Waals surface area contributed by atoms with Gasteiger partial charge >= 0.3 is 5.97 Å². The maximum atomic E-state index is 10.5. The van der Waals surface area contributed by atoms with Crippen LogP contribution < -0.4 is 0 Å². The summed E-state index contributed by atoms with van der Waals surface area (Å²) < 4.78 is 4.89. The summed E-state index contributed by atoms with van der Waals surface area (Å²) in [5.74, 6) is -0.113. The van der Waals surface area contributed by atoms with Crippen LogP contribution in [0.15, 0.2) is 0 Å². The largest absolute Gasteiger partial charge is 0.461 e. The van der Waals surface area contributed by atoms with Gasteiger partial charge in [-0.25, -0.2) is 0 Å². The third kappa shape index (κ3) is 4.38. The first-order valence-electron chi connectivity index (χ1n) is 3.62. The van der Waals surface area contributed by atoms with E-state index in [9.17, 15) is 4.79 Å². The highest BCUT2D eigenvalue weighted by Gasteiger charge is 2.15. The molecule has 0 aliphatic heterocycles. The lowest BCUT2D eigenvalue weighted by Gasteiger charge is -2.16. The fraction of sp³-hybridized carbons (Fsp3) is 0.750. The number of rotatable bonds is 3. The summed E-state index contributed by atoms with van der Waals surface area (Å²) in [5.41, 5.74) is 0. The van der Waals surface area contributed by atoms with Crippen LogP contribution in [0.5, 0.6) is 0 Å². The summed E-state index contributed by atoms with van der Waals surface area (Å²) in [6.07, 6.45) is 0.0227. The van der Waals surface area contributed by atoms with E-state index in [2.05, 4.69) is 0 Å². The zero-order valence-electron chi connectivity index (χ0n) is 7.13. The fourth-order valence-electron chi connectivity index (χ4n) is 0.717. The fourth-order valence-corrected chi connectivity index (χ4v) is 0.717. The summed E-state index contributed by atoms with van der Waals surface area (Å²) >= 11 is 0. The van der Waals surface area contributed by atoms with Crippen molar-refractivity contribution in [2.75, 3.05) is 0 Å². The summed E-state index contributed by atoms with van der Waals surface area (Å²) in [7, 11) is 0. The van der Waals surface area contributed by atoms with E-state index < -0.39 is 0 Å². The molecule has 3 nitrogen and oxygen atoms in total. The Morgan fingerprint density at radius 3 is 2.45 bits per heavy atom. The molecule has 0 aromatic rings. The van der Waals surface area contributed by atoms with Gasteiger partial charge in [0.25, 0.3) is 0 Å². The number of nitriles is 1. The first kappa shape index (κ1) is 9.96. The van der Waals surface area contributed by atoms with Crippen LogP contribution >= 0.6 is 0 Å². The molecule has 1 unspecified atom stereocenters. The Hall–Kier alpha value is -1.04. The Bertz CT molecular complexity index is 169. The van der Waals surface area contributed by atoms with Gasteiger partial charge in [-0.1, -0.05) is 13.8 Å². The molecular formula is C8H13NO2. The van der Waals surface area contributed by atoms with Gasteiger partial charge in [-0.15, -0.1) is 0 Å². The topological polar surface area (TPSA) is 50.1 Å². The van der Waals surface area contributed by atoms with E-state index in [0.717, 1.165) is 0 Å². The van der Waals surface area contributed by atoms with Crippen molar-refractivity contribution in [3.63, 3.8) is 0 Å². The van der Waals surface area contributed by atoms with E-state index in [1.165, 1.54) is 6.92 Å². The summed E-state index contributed by atoms with van der Waals surface area (Å²) in [5, 5.41) is 8.36. The van der Waals surface area contributed by atoms with Crippen molar-refractivity contribution in [3.8, 4) is 6.07 Å². The third-order valence-corrected chi connectivity index (χ3v) is 1.35. The molecule has 0 bridgehead atoms. The van der Waals surface area contributed by atoms with Gasteiger partial charge in [-0.3, -0.25) is 4.79 Å². The highest BCUT2D eigenvalue weighted by atomic mass is 16.5. The zero-order valence-corrected chi connectivity index (χ0v) is 7.13. The molecule has 11 heavy (non-hydrogen) atoms. The van der Waals surface area contributed by atoms with Gasteiger partial charge in [0.2, 0.25) is 0 Å². The lowest BCUT2D eigenvalue weighted by atomic mass is 10.1. The van der Waals surface area contributed by atoms with Crippen LogP contribution in [0.2, 0.25) is 0 Å². The van der Waals surface area contributed by atoms with E-state index in [-0.39, 0.29) is 24.4 Å². The van der Waals surface area contributed by atoms with Crippen molar-refractivity contribution in [2.24, 2.45) is 5.92 Å². The molecular weight excluding hydrogens is 142 g/mol. The molecule has 3 heteroatoms. The molecule has 0 aromatic carbocycles. The number of hydrogen-bond acceptors (Lipinski definition) is 3. The molecule has 0 saturated carbocycles. The standard InChI is InChI=1S/C8H13NO2/c1-6(2)8(4-5-9)11-7(3)10/h6,8H,4H2,1-3H3. The average Bonchev–Trinajstić information content (AvgIpc) is 1.86. The van der Waals surface area contributed by atoms with Crippen LogP contribution in [0.4, 0.5) is 0 Å². The van der Waals surface area contributed by atoms with E-state index in [1.54, 1.807) is 0 Å². The van der Waals surface area contributed by atoms with Crippen molar-refractivity contribution in [1.29, 1.82) is 5.26 Å². The summed E-state index contributed by atoms with van der Waals surface area (Å²) in [6.45, 7) is 5.20. The van der Waals surface area contributed by atoms with Crippen LogP contribution in [0.3, 0.4) is 0 Å². The highest BCUT2D eigenvalue weighted by Crippen LogP contribution is 2.09. The van der Waals surface area contributed by atoms with Crippen LogP contribution in [-0.4, -0.2) is 12.1 Å². The third-order valence-electron chi connectivity index (χ3n) is 1.35. The maximum absolute atomic E-state index is 10.5. The normalized spacial score (nSPS) is 12.3. The van der Waals surface area contributed by atoms with Crippen LogP contribution in [0, 0.1) is 17.2 Å². The number of carbonyl (C=O) groups is 1. The number of hydrogen-bond donors (Lipinski definition) is 0. The molecule has 0 fully saturated rings. The van der Waals surface area contributed by atoms with Crippen molar-refractivity contribution < 1.29 is 9.53 Å². The molecule has 0 aromatic heterocycles. The van der Waals surface area contributed by atoms with Crippen LogP contribution in [-0.2, 0) is 9.53 Å². The van der Waals surface area contributed by atoms with E-state index in [1.807, 2.05) is 19.9 Å². The lowest BCUT2D eigenvalue weighted by molar-refractivity contribution is -0.148. The molecule has 0 N–H and O–H groups in total. The molecule has 0 aliphatic carbocycles. The molecule has 0 radical (unpaired) electrons. The number of esters is 1. The summed E-state index contributed by atoms with van der Waals surface area (Å²) in [4.78, 5) is 10.5. The average molecular weight is 155 g/mol. The Labute approximate surface area is 67.0 Å². The summed E-state index contributed by atoms with van der Waals surface area (Å²) in [6, 6.07) is 1.98. The van der Waals surface area contributed by atoms with E-state index in [0.29, 0.717) is 0 Å². The maximum Gasteiger partial charge on any atom is 0.302 e. The Morgan fingerprint density at radius 1 is 1.64 bits per heavy atom. The predicted molar refractivity (Wildman–Crippen MR) is 40.6 cm³/mol. The molecule has 0 spiro atoms. The lowest BCUT2D eigenvalue weighted by Crippen LogP contribution is -2.21. The van der Waals surface area contributed by atoms with Gasteiger partial charge in [-0.05, 0) is 5.92 Å². The number of nitrogens with zero attached hydrogens (tertiary/aromatic N) is 1. The minimum Gasteiger partial charge on any atom is -0.461 e. The monoisotopic (exact) mass is 155 g/mol. The quantitative estimate of drug-likeness (QED) is 0.580. The highest BCUT2D eigenvalue weighted by molar-refractivity contribution is 5.66. The van der Waals surface area contributed by atoms with E-state index >= 15 is 0 Å². The molecule has 0 saturated heterocycles. The van der Waals surface area contributed by atoms with Crippen molar-refractivity contribution >= 4 is 5.97 Å². The van der Waals surface area contributed by atoms with Crippen LogP contribution in [0.1, 0.15) is 27.2 Å². The van der Waals surface area contributed by atoms with Crippen molar-refractivity contribution in [2.45, 2.75) is 33.3 Å². The SMILES string of the molecule is CC(=O)OC(CC#N)C(C)C. The van der Waals surface area contributed by atoms with Gasteiger partial charge < -0.3 is 4.74 Å². The second-order valence-corrected chi connectivity index (χ2v) is 2.75. The second kappa shape index (κ2) is 4.73. The molecule has 0 amide bonds. The molecule has 62 valence electrons. The predicted octanol–water partition coefficient (Wildman–Crippen LogP) is 1.49. The smallest absolute Gasteiger partial charge is 0.302 e. The Morgan fingerprint density at radius 2 is 2.18 bits per heavy atom. The molecule has 0 heterocycles. The van der Waals surface area contributed by atoms with E-state index in [4.69, 9.17) is 10.00 Å².